The Morgan fingerprint density at radius 1 is 1.27 bits per heavy atom. The van der Waals surface area contributed by atoms with Crippen LogP contribution in [0.5, 0.6) is 0 Å². The molecule has 30 heavy (non-hydrogen) atoms. The van der Waals surface area contributed by atoms with E-state index in [0.29, 0.717) is 6.54 Å². The first kappa shape index (κ1) is 22.8. The number of ether oxygens (including phenoxy) is 2. The van der Waals surface area contributed by atoms with Gasteiger partial charge in [-0.25, -0.2) is 9.98 Å². The van der Waals surface area contributed by atoms with Crippen LogP contribution < -0.4 is 15.5 Å². The molecule has 8 heteroatoms. The summed E-state index contributed by atoms with van der Waals surface area (Å²) in [5.74, 6) is 1.90. The Hall–Kier alpha value is -1.90. The summed E-state index contributed by atoms with van der Waals surface area (Å²) < 4.78 is 11.2. The zero-order valence-corrected chi connectivity index (χ0v) is 18.6. The summed E-state index contributed by atoms with van der Waals surface area (Å²) in [5.41, 5.74) is 1.18. The van der Waals surface area contributed by atoms with Crippen LogP contribution in [0.4, 0.5) is 5.82 Å². The molecular weight excluding hydrogens is 380 g/mol. The molecule has 2 N–H and O–H groups in total. The third-order valence-corrected chi connectivity index (χ3v) is 5.57. The molecule has 1 aromatic heterocycles. The fourth-order valence-electron chi connectivity index (χ4n) is 3.71. The second-order valence-electron chi connectivity index (χ2n) is 7.78. The summed E-state index contributed by atoms with van der Waals surface area (Å²) in [5, 5.41) is 6.72. The Kier molecular flexibility index (Phi) is 9.66. The number of hydrogen-bond donors (Lipinski definition) is 2. The van der Waals surface area contributed by atoms with Crippen LogP contribution in [0.3, 0.4) is 0 Å². The van der Waals surface area contributed by atoms with Crippen molar-refractivity contribution in [3.05, 3.63) is 23.9 Å². The maximum absolute atomic E-state index is 5.82. The lowest BCUT2D eigenvalue weighted by molar-refractivity contribution is 0.0420. The highest BCUT2D eigenvalue weighted by Gasteiger charge is 2.17. The van der Waals surface area contributed by atoms with E-state index in [1.807, 2.05) is 6.20 Å². The van der Waals surface area contributed by atoms with Crippen molar-refractivity contribution in [2.24, 2.45) is 4.99 Å². The lowest BCUT2D eigenvalue weighted by Crippen LogP contribution is -2.46. The maximum Gasteiger partial charge on any atom is 0.191 e. The van der Waals surface area contributed by atoms with E-state index in [1.54, 1.807) is 0 Å². The predicted molar refractivity (Wildman–Crippen MR) is 121 cm³/mol. The Morgan fingerprint density at radius 2 is 2.13 bits per heavy atom. The van der Waals surface area contributed by atoms with Crippen molar-refractivity contribution in [2.75, 3.05) is 70.5 Å². The number of nitrogens with one attached hydrogen (secondary N) is 2. The first-order chi connectivity index (χ1) is 14.8. The van der Waals surface area contributed by atoms with Crippen LogP contribution in [0.25, 0.3) is 0 Å². The van der Waals surface area contributed by atoms with Gasteiger partial charge in [0.15, 0.2) is 5.96 Å². The molecule has 0 aliphatic carbocycles. The van der Waals surface area contributed by atoms with Gasteiger partial charge in [0.25, 0.3) is 0 Å². The molecule has 0 radical (unpaired) electrons. The average molecular weight is 419 g/mol. The molecule has 2 aliphatic heterocycles. The van der Waals surface area contributed by atoms with Crippen molar-refractivity contribution in [3.8, 4) is 0 Å². The third-order valence-electron chi connectivity index (χ3n) is 5.57. The Bertz CT molecular complexity index is 642. The van der Waals surface area contributed by atoms with Crippen molar-refractivity contribution >= 4 is 11.8 Å². The van der Waals surface area contributed by atoms with Crippen molar-refractivity contribution in [3.63, 3.8) is 0 Å². The lowest BCUT2D eigenvalue weighted by Gasteiger charge is -2.34. The van der Waals surface area contributed by atoms with Crippen LogP contribution >= 0.6 is 0 Å². The lowest BCUT2D eigenvalue weighted by atomic mass is 10.2. The normalized spacial score (nSPS) is 20.5. The van der Waals surface area contributed by atoms with E-state index in [-0.39, 0.29) is 6.10 Å². The average Bonchev–Trinajstić information content (AvgIpc) is 3.31. The topological polar surface area (TPSA) is 74.3 Å². The molecule has 3 rings (SSSR count). The third kappa shape index (κ3) is 7.41. The van der Waals surface area contributed by atoms with Gasteiger partial charge in [-0.3, -0.25) is 0 Å². The van der Waals surface area contributed by atoms with Gasteiger partial charge in [-0.15, -0.1) is 0 Å². The molecular formula is C22H38N6O2. The predicted octanol–water partition coefficient (Wildman–Crippen LogP) is 1.47. The van der Waals surface area contributed by atoms with Gasteiger partial charge in [0.1, 0.15) is 5.82 Å². The highest BCUT2D eigenvalue weighted by Crippen LogP contribution is 2.15. The van der Waals surface area contributed by atoms with Gasteiger partial charge >= 0.3 is 0 Å². The van der Waals surface area contributed by atoms with Crippen molar-refractivity contribution in [1.29, 1.82) is 0 Å². The SMILES string of the molecule is CCNC(=NCc1ccnc(N2CCN(CC)CC2)c1)NCCCOC1CCOC1. The molecule has 2 fully saturated rings. The van der Waals surface area contributed by atoms with Crippen LogP contribution in [-0.2, 0) is 16.0 Å². The number of likely N-dealkylation sites (N-methyl/N-ethyl adjacent to an activating group) is 1. The van der Waals surface area contributed by atoms with Gasteiger partial charge in [-0.1, -0.05) is 6.92 Å². The Morgan fingerprint density at radius 3 is 2.87 bits per heavy atom. The second-order valence-corrected chi connectivity index (χ2v) is 7.78. The number of anilines is 1. The maximum atomic E-state index is 5.82. The molecule has 1 unspecified atom stereocenters. The summed E-state index contributed by atoms with van der Waals surface area (Å²) in [6.45, 7) is 14.3. The van der Waals surface area contributed by atoms with Gasteiger partial charge in [0.05, 0.1) is 19.3 Å². The van der Waals surface area contributed by atoms with Crippen molar-refractivity contribution in [1.82, 2.24) is 20.5 Å². The summed E-state index contributed by atoms with van der Waals surface area (Å²) in [6.07, 6.45) is 4.14. The number of rotatable bonds is 10. The van der Waals surface area contributed by atoms with Crippen molar-refractivity contribution in [2.45, 2.75) is 39.3 Å². The molecule has 3 heterocycles. The molecule has 0 amide bonds. The summed E-state index contributed by atoms with van der Waals surface area (Å²) in [6, 6.07) is 4.22. The van der Waals surface area contributed by atoms with E-state index in [0.717, 1.165) is 90.3 Å². The minimum atomic E-state index is 0.276. The van der Waals surface area contributed by atoms with Gasteiger partial charge in [0, 0.05) is 58.7 Å². The fraction of sp³-hybridized carbons (Fsp3) is 0.727. The molecule has 0 saturated carbocycles. The summed E-state index contributed by atoms with van der Waals surface area (Å²) >= 11 is 0. The van der Waals surface area contributed by atoms with Crippen LogP contribution in [0.1, 0.15) is 32.3 Å². The molecule has 0 aromatic carbocycles. The monoisotopic (exact) mass is 418 g/mol. The zero-order chi connectivity index (χ0) is 21.0. The van der Waals surface area contributed by atoms with Crippen molar-refractivity contribution < 1.29 is 9.47 Å². The Labute approximate surface area is 181 Å². The number of piperazine rings is 1. The Balaban J connectivity index is 1.44. The van der Waals surface area contributed by atoms with E-state index in [9.17, 15) is 0 Å². The molecule has 1 aromatic rings. The molecule has 8 nitrogen and oxygen atoms in total. The van der Waals surface area contributed by atoms with Gasteiger partial charge < -0.3 is 29.9 Å². The minimum Gasteiger partial charge on any atom is -0.379 e. The van der Waals surface area contributed by atoms with Crippen LogP contribution in [0.2, 0.25) is 0 Å². The first-order valence-electron chi connectivity index (χ1n) is 11.4. The largest absolute Gasteiger partial charge is 0.379 e. The fourth-order valence-corrected chi connectivity index (χ4v) is 3.71. The van der Waals surface area contributed by atoms with Crippen LogP contribution in [0, 0.1) is 0 Å². The van der Waals surface area contributed by atoms with Gasteiger partial charge in [-0.05, 0) is 44.0 Å². The summed E-state index contributed by atoms with van der Waals surface area (Å²) in [7, 11) is 0. The van der Waals surface area contributed by atoms with Crippen LogP contribution in [-0.4, -0.2) is 87.6 Å². The molecule has 0 spiro atoms. The number of guanidine groups is 1. The summed E-state index contributed by atoms with van der Waals surface area (Å²) in [4.78, 5) is 14.2. The van der Waals surface area contributed by atoms with E-state index < -0.39 is 0 Å². The molecule has 2 saturated heterocycles. The number of nitrogens with zero attached hydrogens (tertiary/aromatic N) is 4. The van der Waals surface area contributed by atoms with E-state index >= 15 is 0 Å². The van der Waals surface area contributed by atoms with E-state index in [4.69, 9.17) is 14.5 Å². The standard InChI is InChI=1S/C22H38N6O2/c1-3-23-22(25-8-5-14-30-20-7-15-29-18-20)26-17-19-6-9-24-21(16-19)28-12-10-27(4-2)11-13-28/h6,9,16,20H,3-5,7-8,10-15,17-18H2,1-2H3,(H2,23,25,26). The molecule has 0 bridgehead atoms. The molecule has 1 atom stereocenters. The zero-order valence-electron chi connectivity index (χ0n) is 18.6. The highest BCUT2D eigenvalue weighted by molar-refractivity contribution is 5.79. The quantitative estimate of drug-likeness (QED) is 0.339. The van der Waals surface area contributed by atoms with E-state index in [1.165, 1.54) is 5.56 Å². The number of pyridine rings is 1. The number of aliphatic imine (C=N–C) groups is 1. The number of aromatic nitrogens is 1. The smallest absolute Gasteiger partial charge is 0.191 e. The second kappa shape index (κ2) is 12.7. The van der Waals surface area contributed by atoms with Gasteiger partial charge in [0.2, 0.25) is 0 Å². The molecule has 2 aliphatic rings. The molecule has 168 valence electrons. The first-order valence-corrected chi connectivity index (χ1v) is 11.4. The van der Waals surface area contributed by atoms with E-state index in [2.05, 4.69) is 51.4 Å². The minimum absolute atomic E-state index is 0.276. The van der Waals surface area contributed by atoms with Crippen LogP contribution in [0.15, 0.2) is 23.3 Å². The van der Waals surface area contributed by atoms with Gasteiger partial charge in [-0.2, -0.15) is 0 Å². The number of hydrogen-bond acceptors (Lipinski definition) is 6. The highest BCUT2D eigenvalue weighted by atomic mass is 16.5.